The number of pyridine rings is 1. The summed E-state index contributed by atoms with van der Waals surface area (Å²) < 4.78 is 7.65. The molecule has 0 amide bonds. The molecule has 2 aromatic rings. The molecule has 0 unspecified atom stereocenters. The third-order valence-corrected chi connectivity index (χ3v) is 4.13. The van der Waals surface area contributed by atoms with E-state index in [-0.39, 0.29) is 0 Å². The van der Waals surface area contributed by atoms with Gasteiger partial charge in [-0.05, 0) is 43.9 Å². The summed E-state index contributed by atoms with van der Waals surface area (Å²) in [5.74, 6) is -0.851. The summed E-state index contributed by atoms with van der Waals surface area (Å²) in [5, 5.41) is 20.0. The first-order valence-electron chi connectivity index (χ1n) is 9.41. The van der Waals surface area contributed by atoms with E-state index in [2.05, 4.69) is 16.9 Å². The van der Waals surface area contributed by atoms with Crippen molar-refractivity contribution in [2.45, 2.75) is 26.2 Å². The van der Waals surface area contributed by atoms with E-state index in [1.807, 2.05) is 35.0 Å². The van der Waals surface area contributed by atoms with Crippen molar-refractivity contribution >= 4 is 17.5 Å². The normalized spacial score (nSPS) is 13.5. The second kappa shape index (κ2) is 11.1. The van der Waals surface area contributed by atoms with Crippen molar-refractivity contribution in [2.24, 2.45) is 5.92 Å². The van der Waals surface area contributed by atoms with Crippen LogP contribution in [0, 0.1) is 5.92 Å². The topological polar surface area (TPSA) is 104 Å². The Morgan fingerprint density at radius 3 is 2.54 bits per heavy atom. The highest BCUT2D eigenvalue weighted by Crippen LogP contribution is 2.29. The van der Waals surface area contributed by atoms with Gasteiger partial charge in [0.2, 0.25) is 5.88 Å². The molecule has 2 aromatic heterocycles. The molecule has 152 valence electrons. The molecular formula is C20H27N3O5. The molecule has 0 saturated heterocycles. The highest BCUT2D eigenvalue weighted by molar-refractivity contribution is 5.89. The van der Waals surface area contributed by atoms with Gasteiger partial charge in [0, 0.05) is 37.5 Å². The summed E-state index contributed by atoms with van der Waals surface area (Å²) >= 11 is 0. The minimum atomic E-state index is -1.26. The maximum absolute atomic E-state index is 9.55. The Morgan fingerprint density at radius 1 is 1.25 bits per heavy atom. The molecule has 0 bridgehead atoms. The number of fused-ring (bicyclic) bond motifs is 1. The molecule has 0 atom stereocenters. The lowest BCUT2D eigenvalue weighted by Gasteiger charge is -2.21. The minimum absolute atomic E-state index is 0.558. The van der Waals surface area contributed by atoms with E-state index < -0.39 is 11.9 Å². The van der Waals surface area contributed by atoms with Crippen LogP contribution in [0.1, 0.15) is 26.2 Å². The second-order valence-electron chi connectivity index (χ2n) is 6.65. The first kappa shape index (κ1) is 21.4. The van der Waals surface area contributed by atoms with Crippen LogP contribution in [-0.4, -0.2) is 62.9 Å². The van der Waals surface area contributed by atoms with Gasteiger partial charge in [-0.3, -0.25) is 4.90 Å². The van der Waals surface area contributed by atoms with Gasteiger partial charge >= 0.3 is 11.9 Å². The fraction of sp³-hybridized carbons (Fsp3) is 0.450. The van der Waals surface area contributed by atoms with Gasteiger partial charge in [0.05, 0.1) is 5.52 Å². The van der Waals surface area contributed by atoms with Crippen LogP contribution >= 0.6 is 0 Å². The molecule has 2 N–H and O–H groups in total. The molecule has 2 heterocycles. The molecule has 3 rings (SSSR count). The largest absolute Gasteiger partial charge is 0.478 e. The highest BCUT2D eigenvalue weighted by atomic mass is 16.5. The van der Waals surface area contributed by atoms with Gasteiger partial charge in [0.15, 0.2) is 0 Å². The van der Waals surface area contributed by atoms with E-state index in [0.29, 0.717) is 12.2 Å². The quantitative estimate of drug-likeness (QED) is 0.602. The summed E-state index contributed by atoms with van der Waals surface area (Å²) in [5.41, 5.74) is 1.07. The zero-order chi connectivity index (χ0) is 20.4. The summed E-state index contributed by atoms with van der Waals surface area (Å²) in [6.07, 6.45) is 7.09. The Bertz CT molecular complexity index is 749. The Kier molecular flexibility index (Phi) is 8.48. The van der Waals surface area contributed by atoms with Crippen molar-refractivity contribution in [1.82, 2.24) is 14.5 Å². The number of ether oxygens (including phenoxy) is 1. The molecule has 8 nitrogen and oxygen atoms in total. The van der Waals surface area contributed by atoms with E-state index in [0.717, 1.165) is 30.5 Å². The molecule has 1 fully saturated rings. The average Bonchev–Trinajstić information content (AvgIpc) is 3.37. The number of nitrogens with zero attached hydrogens (tertiary/aromatic N) is 3. The molecule has 0 radical (unpaired) electrons. The Labute approximate surface area is 164 Å². The first-order valence-corrected chi connectivity index (χ1v) is 9.41. The lowest BCUT2D eigenvalue weighted by atomic mass is 10.3. The molecular weight excluding hydrogens is 362 g/mol. The van der Waals surface area contributed by atoms with Gasteiger partial charge in [-0.2, -0.15) is 0 Å². The summed E-state index contributed by atoms with van der Waals surface area (Å²) in [6.45, 7) is 6.37. The van der Waals surface area contributed by atoms with Crippen molar-refractivity contribution in [3.05, 3.63) is 42.6 Å². The Balaban J connectivity index is 0.000000300. The maximum atomic E-state index is 9.55. The van der Waals surface area contributed by atoms with Gasteiger partial charge in [0.25, 0.3) is 0 Å². The second-order valence-corrected chi connectivity index (χ2v) is 6.65. The summed E-state index contributed by atoms with van der Waals surface area (Å²) in [6, 6.07) is 8.02. The van der Waals surface area contributed by atoms with Crippen LogP contribution in [0.5, 0.6) is 5.88 Å². The van der Waals surface area contributed by atoms with Crippen LogP contribution < -0.4 is 4.74 Å². The van der Waals surface area contributed by atoms with E-state index in [1.54, 1.807) is 0 Å². The van der Waals surface area contributed by atoms with Crippen LogP contribution in [-0.2, 0) is 9.59 Å². The predicted octanol–water partition coefficient (Wildman–Crippen LogP) is 2.55. The SMILES string of the molecule is CCCN(CCOc1cc2ccccn2n1)CC1CC1.O=C(O)C=CC(=O)O. The number of aromatic nitrogens is 2. The predicted molar refractivity (Wildman–Crippen MR) is 105 cm³/mol. The average molecular weight is 389 g/mol. The molecule has 8 heteroatoms. The molecule has 0 aliphatic heterocycles. The first-order chi connectivity index (χ1) is 13.5. The number of hydrogen-bond acceptors (Lipinski definition) is 5. The van der Waals surface area contributed by atoms with Crippen LogP contribution in [0.3, 0.4) is 0 Å². The van der Waals surface area contributed by atoms with Crippen LogP contribution in [0.4, 0.5) is 0 Å². The standard InChI is InChI=1S/C16H23N3O.C4H4O4/c1-2-8-18(13-14-6-7-14)10-11-20-16-12-15-5-3-4-9-19(15)17-16;5-3(6)1-2-4(7)8/h3-5,9,12,14H,2,6-8,10-11,13H2,1H3;1-2H,(H,5,6)(H,7,8). The molecule has 28 heavy (non-hydrogen) atoms. The molecule has 1 aliphatic rings. The number of carboxylic acids is 2. The number of carbonyl (C=O) groups is 2. The van der Waals surface area contributed by atoms with Crippen molar-refractivity contribution < 1.29 is 24.5 Å². The summed E-state index contributed by atoms with van der Waals surface area (Å²) in [7, 11) is 0. The lowest BCUT2D eigenvalue weighted by molar-refractivity contribution is -0.134. The number of carboxylic acid groups (broad SMARTS) is 2. The minimum Gasteiger partial charge on any atom is -0.478 e. The fourth-order valence-electron chi connectivity index (χ4n) is 2.68. The van der Waals surface area contributed by atoms with E-state index >= 15 is 0 Å². The third-order valence-electron chi connectivity index (χ3n) is 4.13. The van der Waals surface area contributed by atoms with Gasteiger partial charge in [0.1, 0.15) is 6.61 Å². The molecule has 1 saturated carbocycles. The highest BCUT2D eigenvalue weighted by Gasteiger charge is 2.23. The van der Waals surface area contributed by atoms with Gasteiger partial charge in [-0.1, -0.05) is 13.0 Å². The van der Waals surface area contributed by atoms with Crippen LogP contribution in [0.15, 0.2) is 42.6 Å². The monoisotopic (exact) mass is 389 g/mol. The lowest BCUT2D eigenvalue weighted by Crippen LogP contribution is -2.31. The third kappa shape index (κ3) is 8.22. The van der Waals surface area contributed by atoms with Gasteiger partial charge in [-0.15, -0.1) is 5.10 Å². The fourth-order valence-corrected chi connectivity index (χ4v) is 2.68. The van der Waals surface area contributed by atoms with E-state index in [4.69, 9.17) is 14.9 Å². The Hall–Kier alpha value is -2.87. The summed E-state index contributed by atoms with van der Waals surface area (Å²) in [4.78, 5) is 21.6. The smallest absolute Gasteiger partial charge is 0.328 e. The number of aliphatic carboxylic acids is 2. The molecule has 1 aliphatic carbocycles. The van der Waals surface area contributed by atoms with Gasteiger partial charge < -0.3 is 14.9 Å². The zero-order valence-corrected chi connectivity index (χ0v) is 16.0. The van der Waals surface area contributed by atoms with Crippen molar-refractivity contribution in [3.63, 3.8) is 0 Å². The maximum Gasteiger partial charge on any atom is 0.328 e. The van der Waals surface area contributed by atoms with E-state index in [9.17, 15) is 9.59 Å². The van der Waals surface area contributed by atoms with Crippen molar-refractivity contribution in [1.29, 1.82) is 0 Å². The Morgan fingerprint density at radius 2 is 1.96 bits per heavy atom. The zero-order valence-electron chi connectivity index (χ0n) is 16.0. The van der Waals surface area contributed by atoms with Gasteiger partial charge in [-0.25, -0.2) is 14.1 Å². The molecule has 0 aromatic carbocycles. The number of rotatable bonds is 10. The number of hydrogen-bond donors (Lipinski definition) is 2. The van der Waals surface area contributed by atoms with Crippen molar-refractivity contribution in [2.75, 3.05) is 26.2 Å². The van der Waals surface area contributed by atoms with Crippen LogP contribution in [0.25, 0.3) is 5.52 Å². The van der Waals surface area contributed by atoms with E-state index in [1.165, 1.54) is 32.4 Å². The molecule has 0 spiro atoms. The van der Waals surface area contributed by atoms with Crippen LogP contribution in [0.2, 0.25) is 0 Å². The van der Waals surface area contributed by atoms with Crippen molar-refractivity contribution in [3.8, 4) is 5.88 Å².